The van der Waals surface area contributed by atoms with Gasteiger partial charge in [0, 0.05) is 21.6 Å². The number of hydrogen-bond acceptors (Lipinski definition) is 2. The van der Waals surface area contributed by atoms with Crippen molar-refractivity contribution >= 4 is 49.1 Å². The van der Waals surface area contributed by atoms with Crippen molar-refractivity contribution in [1.82, 2.24) is 0 Å². The van der Waals surface area contributed by atoms with E-state index in [9.17, 15) is 4.39 Å². The standard InChI is InChI=1S/C14H11Br2ClFNO/c1-20-14-11(16)5-10(17)6-13(14)19-7-8-2-3-9(15)4-12(8)18/h2-6,19H,7H2,1H3. The van der Waals surface area contributed by atoms with Crippen LogP contribution in [-0.4, -0.2) is 7.11 Å². The minimum absolute atomic E-state index is 0.271. The Balaban J connectivity index is 2.22. The number of benzene rings is 2. The summed E-state index contributed by atoms with van der Waals surface area (Å²) in [5.74, 6) is 0.360. The lowest BCUT2D eigenvalue weighted by atomic mass is 10.2. The summed E-state index contributed by atoms with van der Waals surface area (Å²) in [6.45, 7) is 0.336. The Morgan fingerprint density at radius 2 is 2.00 bits per heavy atom. The Morgan fingerprint density at radius 1 is 1.25 bits per heavy atom. The maximum absolute atomic E-state index is 13.8. The number of nitrogens with one attached hydrogen (secondary N) is 1. The molecule has 106 valence electrons. The minimum atomic E-state index is -0.271. The van der Waals surface area contributed by atoms with Gasteiger partial charge >= 0.3 is 0 Å². The van der Waals surface area contributed by atoms with Crippen LogP contribution in [0.25, 0.3) is 0 Å². The number of anilines is 1. The Bertz CT molecular complexity index is 637. The van der Waals surface area contributed by atoms with Gasteiger partial charge in [0.2, 0.25) is 0 Å². The number of methoxy groups -OCH3 is 1. The van der Waals surface area contributed by atoms with Gasteiger partial charge in [0.05, 0.1) is 17.3 Å². The molecular weight excluding hydrogens is 412 g/mol. The molecule has 6 heteroatoms. The van der Waals surface area contributed by atoms with Gasteiger partial charge in [0.1, 0.15) is 5.82 Å². The smallest absolute Gasteiger partial charge is 0.156 e. The van der Waals surface area contributed by atoms with Gasteiger partial charge in [-0.2, -0.15) is 0 Å². The highest BCUT2D eigenvalue weighted by Crippen LogP contribution is 2.36. The average Bonchev–Trinajstić information content (AvgIpc) is 2.37. The van der Waals surface area contributed by atoms with Gasteiger partial charge in [0.25, 0.3) is 0 Å². The van der Waals surface area contributed by atoms with Crippen LogP contribution in [0.5, 0.6) is 5.75 Å². The Hall–Kier alpha value is -0.780. The molecule has 2 nitrogen and oxygen atoms in total. The molecule has 0 aliphatic heterocycles. The molecule has 2 rings (SSSR count). The summed E-state index contributed by atoms with van der Waals surface area (Å²) < 4.78 is 20.5. The van der Waals surface area contributed by atoms with Crippen LogP contribution < -0.4 is 10.1 Å². The minimum Gasteiger partial charge on any atom is -0.493 e. The third kappa shape index (κ3) is 3.65. The van der Waals surface area contributed by atoms with Crippen LogP contribution in [0.2, 0.25) is 5.02 Å². The van der Waals surface area contributed by atoms with E-state index in [1.165, 1.54) is 6.07 Å². The van der Waals surface area contributed by atoms with Crippen molar-refractivity contribution in [3.8, 4) is 5.75 Å². The summed E-state index contributed by atoms with van der Waals surface area (Å²) in [5, 5.41) is 3.69. The predicted octanol–water partition coefficient (Wildman–Crippen LogP) is 5.62. The van der Waals surface area contributed by atoms with E-state index < -0.39 is 0 Å². The molecule has 0 fully saturated rings. The van der Waals surface area contributed by atoms with E-state index in [0.29, 0.717) is 33.0 Å². The molecule has 0 spiro atoms. The van der Waals surface area contributed by atoms with Crippen molar-refractivity contribution in [3.63, 3.8) is 0 Å². The highest BCUT2D eigenvalue weighted by atomic mass is 79.9. The van der Waals surface area contributed by atoms with Gasteiger partial charge in [-0.1, -0.05) is 33.6 Å². The number of hydrogen-bond donors (Lipinski definition) is 1. The first kappa shape index (κ1) is 15.6. The van der Waals surface area contributed by atoms with Crippen molar-refractivity contribution in [1.29, 1.82) is 0 Å². The zero-order chi connectivity index (χ0) is 14.7. The second-order valence-electron chi connectivity index (χ2n) is 4.06. The number of rotatable bonds is 4. The van der Waals surface area contributed by atoms with Crippen molar-refractivity contribution in [3.05, 3.63) is 55.7 Å². The molecule has 0 unspecified atom stereocenters. The van der Waals surface area contributed by atoms with E-state index in [-0.39, 0.29) is 5.82 Å². The molecule has 20 heavy (non-hydrogen) atoms. The zero-order valence-electron chi connectivity index (χ0n) is 10.5. The molecular formula is C14H11Br2ClFNO. The fraction of sp³-hybridized carbons (Fsp3) is 0.143. The highest BCUT2D eigenvalue weighted by molar-refractivity contribution is 9.10. The van der Waals surface area contributed by atoms with Gasteiger partial charge < -0.3 is 10.1 Å². The van der Waals surface area contributed by atoms with Gasteiger partial charge in [-0.25, -0.2) is 4.39 Å². The summed E-state index contributed by atoms with van der Waals surface area (Å²) in [6, 6.07) is 8.43. The largest absolute Gasteiger partial charge is 0.493 e. The fourth-order valence-corrected chi connectivity index (χ4v) is 3.06. The third-order valence-electron chi connectivity index (χ3n) is 2.70. The molecule has 0 aliphatic rings. The van der Waals surface area contributed by atoms with Gasteiger partial charge in [-0.15, -0.1) is 0 Å². The molecule has 1 N–H and O–H groups in total. The van der Waals surface area contributed by atoms with Crippen LogP contribution in [0.15, 0.2) is 39.3 Å². The third-order valence-corrected chi connectivity index (χ3v) is 4.00. The maximum atomic E-state index is 13.8. The molecule has 0 saturated heterocycles. The SMILES string of the molecule is COc1c(Br)cc(Cl)cc1NCc1ccc(Br)cc1F. The van der Waals surface area contributed by atoms with Crippen LogP contribution in [0.1, 0.15) is 5.56 Å². The first-order valence-electron chi connectivity index (χ1n) is 5.72. The monoisotopic (exact) mass is 421 g/mol. The average molecular weight is 424 g/mol. The molecule has 0 bridgehead atoms. The molecule has 0 radical (unpaired) electrons. The predicted molar refractivity (Wildman–Crippen MR) is 87.1 cm³/mol. The van der Waals surface area contributed by atoms with Crippen LogP contribution in [0.3, 0.4) is 0 Å². The first-order chi connectivity index (χ1) is 9.51. The molecule has 0 heterocycles. The Morgan fingerprint density at radius 3 is 2.65 bits per heavy atom. The second kappa shape index (κ2) is 6.78. The Kier molecular flexibility index (Phi) is 5.29. The molecule has 2 aromatic carbocycles. The summed E-state index contributed by atoms with van der Waals surface area (Å²) in [4.78, 5) is 0. The van der Waals surface area contributed by atoms with Crippen molar-refractivity contribution in [2.75, 3.05) is 12.4 Å². The summed E-state index contributed by atoms with van der Waals surface area (Å²) in [5.41, 5.74) is 1.26. The normalized spacial score (nSPS) is 10.4. The van der Waals surface area contributed by atoms with E-state index in [1.807, 2.05) is 0 Å². The zero-order valence-corrected chi connectivity index (χ0v) is 14.4. The summed E-state index contributed by atoms with van der Waals surface area (Å²) in [6.07, 6.45) is 0. The van der Waals surface area contributed by atoms with Gasteiger partial charge in [-0.3, -0.25) is 0 Å². The van der Waals surface area contributed by atoms with Crippen molar-refractivity contribution in [2.45, 2.75) is 6.54 Å². The van der Waals surface area contributed by atoms with E-state index in [4.69, 9.17) is 16.3 Å². The summed E-state index contributed by atoms with van der Waals surface area (Å²) >= 11 is 12.6. The van der Waals surface area contributed by atoms with E-state index in [2.05, 4.69) is 37.2 Å². The van der Waals surface area contributed by atoms with Gasteiger partial charge in [-0.05, 0) is 40.2 Å². The lowest BCUT2D eigenvalue weighted by Crippen LogP contribution is -2.03. The molecule has 0 aliphatic carbocycles. The van der Waals surface area contributed by atoms with E-state index in [0.717, 1.165) is 4.47 Å². The van der Waals surface area contributed by atoms with Crippen LogP contribution in [0, 0.1) is 5.82 Å². The van der Waals surface area contributed by atoms with Gasteiger partial charge in [0.15, 0.2) is 5.75 Å². The molecule has 0 saturated carbocycles. The van der Waals surface area contributed by atoms with Crippen molar-refractivity contribution in [2.24, 2.45) is 0 Å². The molecule has 0 atom stereocenters. The van der Waals surface area contributed by atoms with E-state index in [1.54, 1.807) is 31.4 Å². The van der Waals surface area contributed by atoms with Crippen LogP contribution in [-0.2, 0) is 6.54 Å². The highest BCUT2D eigenvalue weighted by Gasteiger charge is 2.10. The topological polar surface area (TPSA) is 21.3 Å². The quantitative estimate of drug-likeness (QED) is 0.689. The lowest BCUT2D eigenvalue weighted by Gasteiger charge is -2.13. The first-order valence-corrected chi connectivity index (χ1v) is 7.68. The number of ether oxygens (including phenoxy) is 1. The number of halogens is 4. The van der Waals surface area contributed by atoms with Crippen LogP contribution in [0.4, 0.5) is 10.1 Å². The maximum Gasteiger partial charge on any atom is 0.156 e. The summed E-state index contributed by atoms with van der Waals surface area (Å²) in [7, 11) is 1.57. The van der Waals surface area contributed by atoms with Crippen LogP contribution >= 0.6 is 43.5 Å². The Labute approximate surface area is 138 Å². The van der Waals surface area contributed by atoms with E-state index >= 15 is 0 Å². The molecule has 0 amide bonds. The lowest BCUT2D eigenvalue weighted by molar-refractivity contribution is 0.414. The van der Waals surface area contributed by atoms with Crippen molar-refractivity contribution < 1.29 is 9.13 Å². The molecule has 0 aromatic heterocycles. The second-order valence-corrected chi connectivity index (χ2v) is 6.26. The fourth-order valence-electron chi connectivity index (χ4n) is 1.75. The molecule has 2 aromatic rings.